The van der Waals surface area contributed by atoms with Crippen LogP contribution in [-0.4, -0.2) is 36.3 Å². The summed E-state index contributed by atoms with van der Waals surface area (Å²) < 4.78 is 10.5. The highest BCUT2D eigenvalue weighted by Crippen LogP contribution is 2.24. The Balaban J connectivity index is 1.41. The lowest BCUT2D eigenvalue weighted by Crippen LogP contribution is -2.32. The van der Waals surface area contributed by atoms with Crippen LogP contribution in [0.1, 0.15) is 38.3 Å². The van der Waals surface area contributed by atoms with Gasteiger partial charge in [-0.3, -0.25) is 19.3 Å². The number of nitrogens with zero attached hydrogens (tertiary/aromatic N) is 2. The lowest BCUT2D eigenvalue weighted by atomic mass is 10.0. The van der Waals surface area contributed by atoms with Crippen molar-refractivity contribution in [2.24, 2.45) is 0 Å². The molecule has 0 atom stereocenters. The number of fused-ring (bicyclic) bond motifs is 1. The predicted octanol–water partition coefficient (Wildman–Crippen LogP) is 4.35. The van der Waals surface area contributed by atoms with Crippen LogP contribution in [0.2, 0.25) is 0 Å². The lowest BCUT2D eigenvalue weighted by molar-refractivity contribution is -0.134. The Kier molecular flexibility index (Phi) is 6.51. The van der Waals surface area contributed by atoms with Crippen LogP contribution < -0.4 is 9.47 Å². The Labute approximate surface area is 196 Å². The van der Waals surface area contributed by atoms with Crippen LogP contribution in [0.3, 0.4) is 0 Å². The van der Waals surface area contributed by atoms with Crippen LogP contribution in [0.25, 0.3) is 11.6 Å². The van der Waals surface area contributed by atoms with E-state index in [1.807, 2.05) is 0 Å². The zero-order chi connectivity index (χ0) is 24.1. The Bertz CT molecular complexity index is 1300. The minimum atomic E-state index is -0.576. The monoisotopic (exact) mass is 452 g/mol. The Morgan fingerprint density at radius 1 is 0.941 bits per heavy atom. The van der Waals surface area contributed by atoms with Gasteiger partial charge < -0.3 is 9.47 Å². The molecule has 0 spiro atoms. The normalized spacial score (nSPS) is 12.8. The second-order valence-electron chi connectivity index (χ2n) is 7.50. The molecule has 0 fully saturated rings. The molecule has 1 aliphatic heterocycles. The Hall–Kier alpha value is -4.70. The van der Waals surface area contributed by atoms with Gasteiger partial charge in [0.05, 0.1) is 36.3 Å². The summed E-state index contributed by atoms with van der Waals surface area (Å²) in [6, 6.07) is 22.6. The van der Waals surface area contributed by atoms with Gasteiger partial charge in [0.1, 0.15) is 11.5 Å². The van der Waals surface area contributed by atoms with Crippen molar-refractivity contribution in [3.63, 3.8) is 0 Å². The molecular weight excluding hydrogens is 432 g/mol. The van der Waals surface area contributed by atoms with Gasteiger partial charge in [0.15, 0.2) is 0 Å². The van der Waals surface area contributed by atoms with Gasteiger partial charge in [-0.2, -0.15) is 5.26 Å². The van der Waals surface area contributed by atoms with Gasteiger partial charge in [-0.1, -0.05) is 24.3 Å². The van der Waals surface area contributed by atoms with E-state index in [0.29, 0.717) is 33.8 Å². The van der Waals surface area contributed by atoms with Crippen molar-refractivity contribution >= 4 is 29.4 Å². The molecule has 0 aliphatic carbocycles. The number of esters is 1. The van der Waals surface area contributed by atoms with E-state index in [1.54, 1.807) is 86.0 Å². The molecule has 168 valence electrons. The summed E-state index contributed by atoms with van der Waals surface area (Å²) in [5, 5.41) is 9.57. The van der Waals surface area contributed by atoms with Gasteiger partial charge in [-0.15, -0.1) is 0 Å². The van der Waals surface area contributed by atoms with Crippen molar-refractivity contribution in [3.05, 3.63) is 95.1 Å². The number of carbonyl (C=O) groups excluding carboxylic acids is 3. The number of nitriles is 1. The summed E-state index contributed by atoms with van der Waals surface area (Å²) in [6.45, 7) is -0.0686. The van der Waals surface area contributed by atoms with Gasteiger partial charge in [0.25, 0.3) is 11.8 Å². The molecule has 7 heteroatoms. The van der Waals surface area contributed by atoms with E-state index >= 15 is 0 Å². The Morgan fingerprint density at radius 3 is 2.24 bits per heavy atom. The summed E-state index contributed by atoms with van der Waals surface area (Å²) >= 11 is 0. The molecule has 0 saturated carbocycles. The fourth-order valence-corrected chi connectivity index (χ4v) is 3.61. The van der Waals surface area contributed by atoms with Gasteiger partial charge >= 0.3 is 5.97 Å². The van der Waals surface area contributed by atoms with Gasteiger partial charge in [0.2, 0.25) is 0 Å². The summed E-state index contributed by atoms with van der Waals surface area (Å²) in [4.78, 5) is 38.3. The van der Waals surface area contributed by atoms with Crippen LogP contribution in [0, 0.1) is 11.3 Å². The maximum Gasteiger partial charge on any atom is 0.312 e. The maximum atomic E-state index is 12.4. The van der Waals surface area contributed by atoms with E-state index in [0.717, 1.165) is 10.5 Å². The first-order valence-corrected chi connectivity index (χ1v) is 10.5. The highest BCUT2D eigenvalue weighted by molar-refractivity contribution is 6.21. The smallest absolute Gasteiger partial charge is 0.312 e. The van der Waals surface area contributed by atoms with E-state index in [2.05, 4.69) is 6.07 Å². The van der Waals surface area contributed by atoms with Gasteiger partial charge in [0, 0.05) is 6.54 Å². The zero-order valence-electron chi connectivity index (χ0n) is 18.4. The van der Waals surface area contributed by atoms with Crippen LogP contribution in [-0.2, 0) is 4.79 Å². The predicted molar refractivity (Wildman–Crippen MR) is 125 cm³/mol. The molecule has 0 N–H and O–H groups in total. The largest absolute Gasteiger partial charge is 0.497 e. The second kappa shape index (κ2) is 9.84. The number of amides is 2. The van der Waals surface area contributed by atoms with Crippen molar-refractivity contribution in [2.75, 3.05) is 13.7 Å². The number of hydrogen-bond donors (Lipinski definition) is 0. The summed E-state index contributed by atoms with van der Waals surface area (Å²) in [7, 11) is 1.57. The molecular formula is C27H20N2O5. The van der Waals surface area contributed by atoms with Gasteiger partial charge in [-0.05, 0) is 65.7 Å². The number of methoxy groups -OCH3 is 1. The highest BCUT2D eigenvalue weighted by Gasteiger charge is 2.35. The molecule has 0 aromatic heterocycles. The summed E-state index contributed by atoms with van der Waals surface area (Å²) in [5.41, 5.74) is 2.53. The third-order valence-electron chi connectivity index (χ3n) is 5.34. The third-order valence-corrected chi connectivity index (χ3v) is 5.34. The lowest BCUT2D eigenvalue weighted by Gasteiger charge is -2.13. The maximum absolute atomic E-state index is 12.4. The highest BCUT2D eigenvalue weighted by atomic mass is 16.5. The molecule has 0 unspecified atom stereocenters. The standard InChI is InChI=1S/C27H20N2O5/c1-33-21-11-9-19(10-12-21)20(17-28)15-18-5-4-6-22(16-18)34-25(30)13-14-29-26(31)23-7-2-3-8-24(23)27(29)32/h2-12,15-16H,13-14H2,1H3/b20-15-. The first-order valence-electron chi connectivity index (χ1n) is 10.5. The number of imide groups is 1. The van der Waals surface area contributed by atoms with Crippen molar-refractivity contribution in [1.29, 1.82) is 5.26 Å². The average Bonchev–Trinajstić information content (AvgIpc) is 3.11. The van der Waals surface area contributed by atoms with Crippen LogP contribution >= 0.6 is 0 Å². The molecule has 1 heterocycles. The molecule has 2 amide bonds. The molecule has 0 saturated heterocycles. The third kappa shape index (κ3) is 4.71. The topological polar surface area (TPSA) is 96.7 Å². The Morgan fingerprint density at radius 2 is 1.62 bits per heavy atom. The fraction of sp³-hybridized carbons (Fsp3) is 0.111. The number of ether oxygens (including phenoxy) is 2. The number of benzene rings is 3. The summed E-state index contributed by atoms with van der Waals surface area (Å²) in [6.07, 6.45) is 1.55. The minimum Gasteiger partial charge on any atom is -0.497 e. The van der Waals surface area contributed by atoms with Crippen molar-refractivity contribution in [2.45, 2.75) is 6.42 Å². The van der Waals surface area contributed by atoms with Crippen LogP contribution in [0.4, 0.5) is 0 Å². The van der Waals surface area contributed by atoms with Crippen LogP contribution in [0.15, 0.2) is 72.8 Å². The number of carbonyl (C=O) groups is 3. The fourth-order valence-electron chi connectivity index (χ4n) is 3.61. The van der Waals surface area contributed by atoms with E-state index in [1.165, 1.54) is 0 Å². The number of hydrogen-bond acceptors (Lipinski definition) is 6. The van der Waals surface area contributed by atoms with E-state index < -0.39 is 17.8 Å². The van der Waals surface area contributed by atoms with Gasteiger partial charge in [-0.25, -0.2) is 0 Å². The number of allylic oxidation sites excluding steroid dienone is 1. The molecule has 3 aromatic rings. The zero-order valence-corrected chi connectivity index (χ0v) is 18.4. The molecule has 34 heavy (non-hydrogen) atoms. The van der Waals surface area contributed by atoms with E-state index in [9.17, 15) is 19.6 Å². The number of rotatable bonds is 7. The van der Waals surface area contributed by atoms with Crippen molar-refractivity contribution in [3.8, 4) is 17.6 Å². The van der Waals surface area contributed by atoms with Crippen LogP contribution in [0.5, 0.6) is 11.5 Å². The quantitative estimate of drug-likeness (QED) is 0.174. The average molecular weight is 452 g/mol. The minimum absolute atomic E-state index is 0.0686. The molecule has 0 radical (unpaired) electrons. The SMILES string of the molecule is COc1ccc(/C(C#N)=C\c2cccc(OC(=O)CCN3C(=O)c4ccccc4C3=O)c2)cc1. The second-order valence-corrected chi connectivity index (χ2v) is 7.50. The molecule has 3 aromatic carbocycles. The molecule has 0 bridgehead atoms. The first-order chi connectivity index (χ1) is 16.5. The molecule has 1 aliphatic rings. The first kappa shape index (κ1) is 22.5. The van der Waals surface area contributed by atoms with E-state index in [4.69, 9.17) is 9.47 Å². The van der Waals surface area contributed by atoms with E-state index in [-0.39, 0.29) is 13.0 Å². The molecule has 7 nitrogen and oxygen atoms in total. The van der Waals surface area contributed by atoms with Crippen molar-refractivity contribution < 1.29 is 23.9 Å². The molecule has 4 rings (SSSR count). The van der Waals surface area contributed by atoms with Crippen molar-refractivity contribution in [1.82, 2.24) is 4.90 Å². The summed E-state index contributed by atoms with van der Waals surface area (Å²) in [5.74, 6) is -0.413.